The van der Waals surface area contributed by atoms with Crippen molar-refractivity contribution < 1.29 is 0 Å². The van der Waals surface area contributed by atoms with E-state index in [1.165, 1.54) is 0 Å². The molecule has 2 N–H and O–H groups in total. The predicted octanol–water partition coefficient (Wildman–Crippen LogP) is 5.57. The van der Waals surface area contributed by atoms with Crippen LogP contribution in [-0.4, -0.2) is 14.6 Å². The van der Waals surface area contributed by atoms with Gasteiger partial charge >= 0.3 is 0 Å². The number of nitrogen functional groups attached to an aromatic ring is 1. The Bertz CT molecular complexity index is 1150. The molecule has 130 valence electrons. The maximum atomic E-state index is 6.48. The monoisotopic (exact) mass is 382 g/mol. The first-order valence-corrected chi connectivity index (χ1v) is 8.88. The quantitative estimate of drug-likeness (QED) is 0.492. The second-order valence-electron chi connectivity index (χ2n) is 6.17. The highest BCUT2D eigenvalue weighted by Crippen LogP contribution is 2.35. The Hall–Kier alpha value is -2.56. The number of anilines is 1. The van der Waals surface area contributed by atoms with Gasteiger partial charge in [-0.1, -0.05) is 47.5 Å². The van der Waals surface area contributed by atoms with E-state index in [0.717, 1.165) is 33.6 Å². The van der Waals surface area contributed by atoms with Crippen molar-refractivity contribution in [2.24, 2.45) is 0 Å². The average Bonchev–Trinajstić information content (AvgIpc) is 2.91. The van der Waals surface area contributed by atoms with Gasteiger partial charge in [0.2, 0.25) is 0 Å². The Balaban J connectivity index is 2.01. The minimum absolute atomic E-state index is 0.533. The number of rotatable bonds is 2. The van der Waals surface area contributed by atoms with Crippen LogP contribution in [0.25, 0.3) is 27.9 Å². The van der Waals surface area contributed by atoms with Crippen molar-refractivity contribution in [2.45, 2.75) is 13.8 Å². The molecule has 4 nitrogen and oxygen atoms in total. The first-order valence-electron chi connectivity index (χ1n) is 8.13. The zero-order valence-corrected chi connectivity index (χ0v) is 15.8. The third-order valence-corrected chi connectivity index (χ3v) is 4.85. The van der Waals surface area contributed by atoms with Crippen LogP contribution in [0.15, 0.2) is 48.5 Å². The van der Waals surface area contributed by atoms with Crippen LogP contribution in [0.3, 0.4) is 0 Å². The smallest absolute Gasteiger partial charge is 0.165 e. The first kappa shape index (κ1) is 16.9. The number of halogens is 2. The van der Waals surface area contributed by atoms with Crippen LogP contribution in [0.5, 0.6) is 0 Å². The molecule has 0 fully saturated rings. The molecule has 2 heterocycles. The molecule has 0 aliphatic heterocycles. The molecular formula is C20H16Cl2N4. The molecule has 4 rings (SSSR count). The summed E-state index contributed by atoms with van der Waals surface area (Å²) in [6.07, 6.45) is 0. The van der Waals surface area contributed by atoms with Crippen molar-refractivity contribution >= 4 is 34.7 Å². The Morgan fingerprint density at radius 3 is 2.00 bits per heavy atom. The summed E-state index contributed by atoms with van der Waals surface area (Å²) in [6, 6.07) is 15.2. The van der Waals surface area contributed by atoms with Gasteiger partial charge in [-0.2, -0.15) is 9.61 Å². The zero-order chi connectivity index (χ0) is 18.4. The lowest BCUT2D eigenvalue weighted by atomic mass is 10.0. The Labute approximate surface area is 161 Å². The van der Waals surface area contributed by atoms with Crippen molar-refractivity contribution in [3.05, 3.63) is 70.0 Å². The van der Waals surface area contributed by atoms with Gasteiger partial charge in [-0.25, -0.2) is 4.98 Å². The Kier molecular flexibility index (Phi) is 4.10. The first-order chi connectivity index (χ1) is 12.5. The number of benzene rings is 2. The molecule has 0 aliphatic carbocycles. The lowest BCUT2D eigenvalue weighted by Crippen LogP contribution is -2.05. The van der Waals surface area contributed by atoms with Crippen molar-refractivity contribution in [2.75, 3.05) is 5.73 Å². The highest BCUT2D eigenvalue weighted by Gasteiger charge is 2.19. The summed E-state index contributed by atoms with van der Waals surface area (Å²) in [5.41, 5.74) is 12.5. The van der Waals surface area contributed by atoms with Crippen molar-refractivity contribution in [3.8, 4) is 22.3 Å². The molecule has 26 heavy (non-hydrogen) atoms. The number of hydrogen-bond donors (Lipinski definition) is 1. The van der Waals surface area contributed by atoms with Gasteiger partial charge in [0, 0.05) is 21.2 Å². The third kappa shape index (κ3) is 2.71. The summed E-state index contributed by atoms with van der Waals surface area (Å²) in [6.45, 7) is 3.88. The number of aryl methyl sites for hydroxylation is 2. The topological polar surface area (TPSA) is 56.2 Å². The van der Waals surface area contributed by atoms with E-state index in [-0.39, 0.29) is 0 Å². The molecule has 0 aliphatic rings. The third-order valence-electron chi connectivity index (χ3n) is 4.38. The van der Waals surface area contributed by atoms with Crippen LogP contribution in [0.4, 0.5) is 5.82 Å². The number of hydrogen-bond acceptors (Lipinski definition) is 3. The molecule has 0 atom stereocenters. The summed E-state index contributed by atoms with van der Waals surface area (Å²) in [7, 11) is 0. The molecule has 0 saturated heterocycles. The molecule has 2 aromatic heterocycles. The zero-order valence-electron chi connectivity index (χ0n) is 14.3. The highest BCUT2D eigenvalue weighted by atomic mass is 35.5. The fraction of sp³-hybridized carbons (Fsp3) is 0.100. The van der Waals surface area contributed by atoms with Gasteiger partial charge in [0.25, 0.3) is 0 Å². The maximum absolute atomic E-state index is 6.48. The van der Waals surface area contributed by atoms with Gasteiger partial charge in [0.15, 0.2) is 5.65 Å². The van der Waals surface area contributed by atoms with Gasteiger partial charge in [-0.05, 0) is 49.2 Å². The molecule has 4 aromatic rings. The minimum Gasteiger partial charge on any atom is -0.383 e. The van der Waals surface area contributed by atoms with E-state index in [2.05, 4.69) is 5.10 Å². The number of fused-ring (bicyclic) bond motifs is 1. The second kappa shape index (κ2) is 6.31. The van der Waals surface area contributed by atoms with Gasteiger partial charge in [-0.3, -0.25) is 0 Å². The normalized spacial score (nSPS) is 11.2. The lowest BCUT2D eigenvalue weighted by Gasteiger charge is -2.12. The highest BCUT2D eigenvalue weighted by molar-refractivity contribution is 6.31. The molecule has 0 spiro atoms. The fourth-order valence-electron chi connectivity index (χ4n) is 3.28. The van der Waals surface area contributed by atoms with Crippen LogP contribution < -0.4 is 5.73 Å². The maximum Gasteiger partial charge on any atom is 0.165 e. The SMILES string of the molecule is Cc1nc2c(-c3cccc(Cl)c3)c(C)nn2c(N)c1-c1cccc(Cl)c1. The van der Waals surface area contributed by atoms with Gasteiger partial charge in [0.05, 0.1) is 11.4 Å². The molecule has 0 radical (unpaired) electrons. The molecule has 0 unspecified atom stereocenters. The molecular weight excluding hydrogens is 367 g/mol. The molecule has 2 aromatic carbocycles. The summed E-state index contributed by atoms with van der Waals surface area (Å²) >= 11 is 12.3. The van der Waals surface area contributed by atoms with Crippen molar-refractivity contribution in [1.29, 1.82) is 0 Å². The van der Waals surface area contributed by atoms with E-state index in [1.807, 2.05) is 62.4 Å². The van der Waals surface area contributed by atoms with E-state index >= 15 is 0 Å². The van der Waals surface area contributed by atoms with Crippen molar-refractivity contribution in [3.63, 3.8) is 0 Å². The summed E-state index contributed by atoms with van der Waals surface area (Å²) in [5, 5.41) is 5.94. The Morgan fingerprint density at radius 1 is 0.846 bits per heavy atom. The second-order valence-corrected chi connectivity index (χ2v) is 7.05. The summed E-state index contributed by atoms with van der Waals surface area (Å²) < 4.78 is 1.69. The van der Waals surface area contributed by atoms with Gasteiger partial charge in [0.1, 0.15) is 5.82 Å². The van der Waals surface area contributed by atoms with E-state index in [1.54, 1.807) is 4.52 Å². The minimum atomic E-state index is 0.533. The standard InChI is InChI=1S/C20H16Cl2N4/c1-11-17(13-5-3-7-15(21)9-13)19(23)26-20(24-11)18(12(2)25-26)14-6-4-8-16(22)10-14/h3-10H,23H2,1-2H3. The number of nitrogens with zero attached hydrogens (tertiary/aromatic N) is 3. The van der Waals surface area contributed by atoms with Crippen LogP contribution >= 0.6 is 23.2 Å². The fourth-order valence-corrected chi connectivity index (χ4v) is 3.66. The number of nitrogens with two attached hydrogens (primary N) is 1. The largest absolute Gasteiger partial charge is 0.383 e. The van der Waals surface area contributed by atoms with Crippen LogP contribution in [0.2, 0.25) is 10.0 Å². The van der Waals surface area contributed by atoms with E-state index in [4.69, 9.17) is 33.9 Å². The van der Waals surface area contributed by atoms with Gasteiger partial charge < -0.3 is 5.73 Å². The molecule has 0 amide bonds. The van der Waals surface area contributed by atoms with Crippen molar-refractivity contribution in [1.82, 2.24) is 14.6 Å². The lowest BCUT2D eigenvalue weighted by molar-refractivity contribution is 0.923. The van der Waals surface area contributed by atoms with E-state index in [0.29, 0.717) is 21.5 Å². The Morgan fingerprint density at radius 2 is 1.42 bits per heavy atom. The summed E-state index contributed by atoms with van der Waals surface area (Å²) in [5.74, 6) is 0.533. The molecule has 0 saturated carbocycles. The van der Waals surface area contributed by atoms with Crippen LogP contribution in [0, 0.1) is 13.8 Å². The summed E-state index contributed by atoms with van der Waals surface area (Å²) in [4.78, 5) is 4.80. The average molecular weight is 383 g/mol. The van der Waals surface area contributed by atoms with E-state index < -0.39 is 0 Å². The molecule has 0 bridgehead atoms. The molecule has 6 heteroatoms. The van der Waals surface area contributed by atoms with E-state index in [9.17, 15) is 0 Å². The van der Waals surface area contributed by atoms with Crippen LogP contribution in [-0.2, 0) is 0 Å². The van der Waals surface area contributed by atoms with Gasteiger partial charge in [-0.15, -0.1) is 0 Å². The van der Waals surface area contributed by atoms with Crippen LogP contribution in [0.1, 0.15) is 11.4 Å². The predicted molar refractivity (Wildman–Crippen MR) is 108 cm³/mol. The number of aromatic nitrogens is 3.